The van der Waals surface area contributed by atoms with Gasteiger partial charge in [0.25, 0.3) is 0 Å². The van der Waals surface area contributed by atoms with E-state index < -0.39 is 11.6 Å². The Hall–Kier alpha value is -1.45. The molecule has 1 aromatic rings. The van der Waals surface area contributed by atoms with E-state index in [2.05, 4.69) is 6.92 Å². The van der Waals surface area contributed by atoms with Crippen molar-refractivity contribution < 1.29 is 18.3 Å². The van der Waals surface area contributed by atoms with E-state index in [4.69, 9.17) is 4.74 Å². The molecule has 0 unspecified atom stereocenters. The molecule has 0 radical (unpaired) electrons. The van der Waals surface area contributed by atoms with Gasteiger partial charge in [-0.15, -0.1) is 0 Å². The minimum Gasteiger partial charge on any atom is -0.426 e. The molecule has 2 aliphatic rings. The van der Waals surface area contributed by atoms with E-state index in [1.54, 1.807) is 0 Å². The summed E-state index contributed by atoms with van der Waals surface area (Å²) in [6.07, 6.45) is 14.7. The second-order valence-electron chi connectivity index (χ2n) is 8.91. The fourth-order valence-electron chi connectivity index (χ4n) is 5.24. The van der Waals surface area contributed by atoms with Crippen LogP contribution in [0.15, 0.2) is 18.2 Å². The van der Waals surface area contributed by atoms with Gasteiger partial charge in [-0.3, -0.25) is 4.79 Å². The lowest BCUT2D eigenvalue weighted by molar-refractivity contribution is -0.140. The summed E-state index contributed by atoms with van der Waals surface area (Å²) >= 11 is 0. The summed E-state index contributed by atoms with van der Waals surface area (Å²) in [5.41, 5.74) is 0. The second kappa shape index (κ2) is 10.4. The molecule has 0 saturated heterocycles. The smallest absolute Gasteiger partial charge is 0.314 e. The number of halogens is 2. The molecule has 0 bridgehead atoms. The van der Waals surface area contributed by atoms with Crippen LogP contribution in [-0.2, 0) is 4.79 Å². The van der Waals surface area contributed by atoms with Crippen LogP contribution in [0.4, 0.5) is 8.78 Å². The van der Waals surface area contributed by atoms with Gasteiger partial charge in [0, 0.05) is 18.2 Å². The number of carbonyl (C=O) groups is 1. The summed E-state index contributed by atoms with van der Waals surface area (Å²) in [6.45, 7) is 2.26. The first-order chi connectivity index (χ1) is 13.5. The molecule has 4 heteroatoms. The van der Waals surface area contributed by atoms with Gasteiger partial charge < -0.3 is 4.74 Å². The normalized spacial score (nSPS) is 28.1. The minimum atomic E-state index is -0.725. The molecule has 3 rings (SSSR count). The lowest BCUT2D eigenvalue weighted by Crippen LogP contribution is -2.30. The summed E-state index contributed by atoms with van der Waals surface area (Å²) in [7, 11) is 0. The molecule has 156 valence electrons. The quantitative estimate of drug-likeness (QED) is 0.282. The maximum absolute atomic E-state index is 13.3. The summed E-state index contributed by atoms with van der Waals surface area (Å²) in [5.74, 6) is 0.500. The van der Waals surface area contributed by atoms with Crippen LogP contribution in [0.1, 0.15) is 84.0 Å². The maximum atomic E-state index is 13.3. The number of hydrogen-bond acceptors (Lipinski definition) is 2. The van der Waals surface area contributed by atoms with Gasteiger partial charge in [0.05, 0.1) is 5.92 Å². The summed E-state index contributed by atoms with van der Waals surface area (Å²) in [5, 5.41) is 0. The highest BCUT2D eigenvalue weighted by Crippen LogP contribution is 2.42. The predicted octanol–water partition coefficient (Wildman–Crippen LogP) is 7.06. The number of rotatable bonds is 7. The molecule has 2 saturated carbocycles. The Bertz CT molecular complexity index is 609. The van der Waals surface area contributed by atoms with Crippen molar-refractivity contribution in [3.63, 3.8) is 0 Å². The first-order valence-corrected chi connectivity index (χ1v) is 11.2. The molecule has 2 aliphatic carbocycles. The van der Waals surface area contributed by atoms with E-state index in [0.29, 0.717) is 0 Å². The first kappa shape index (κ1) is 21.3. The molecule has 0 aliphatic heterocycles. The largest absolute Gasteiger partial charge is 0.426 e. The van der Waals surface area contributed by atoms with Gasteiger partial charge in [-0.2, -0.15) is 0 Å². The number of hydrogen-bond donors (Lipinski definition) is 0. The SMILES string of the molecule is CCCCCC1CCC(C2CCC(C(=O)Oc3cc(F)cc(F)c3)CC2)CC1. The first-order valence-electron chi connectivity index (χ1n) is 11.2. The molecule has 0 N–H and O–H groups in total. The number of carbonyl (C=O) groups excluding carboxylic acids is 1. The number of esters is 1. The fraction of sp³-hybridized carbons (Fsp3) is 0.708. The van der Waals surface area contributed by atoms with E-state index in [1.807, 2.05) is 0 Å². The Morgan fingerprint density at radius 2 is 1.46 bits per heavy atom. The van der Waals surface area contributed by atoms with Gasteiger partial charge in [-0.25, -0.2) is 8.78 Å². The number of unbranched alkanes of at least 4 members (excludes halogenated alkanes) is 2. The van der Waals surface area contributed by atoms with Crippen molar-refractivity contribution in [2.45, 2.75) is 84.0 Å². The Labute approximate surface area is 168 Å². The fourth-order valence-corrected chi connectivity index (χ4v) is 5.24. The minimum absolute atomic E-state index is 0.0361. The summed E-state index contributed by atoms with van der Waals surface area (Å²) in [4.78, 5) is 12.4. The highest BCUT2D eigenvalue weighted by Gasteiger charge is 2.33. The van der Waals surface area contributed by atoms with Gasteiger partial charge in [0.15, 0.2) is 0 Å². The monoisotopic (exact) mass is 392 g/mol. The molecule has 0 atom stereocenters. The van der Waals surface area contributed by atoms with Gasteiger partial charge >= 0.3 is 5.97 Å². The Morgan fingerprint density at radius 3 is 2.04 bits per heavy atom. The molecule has 0 heterocycles. The zero-order valence-corrected chi connectivity index (χ0v) is 17.1. The van der Waals surface area contributed by atoms with Crippen molar-refractivity contribution in [2.24, 2.45) is 23.7 Å². The highest BCUT2D eigenvalue weighted by molar-refractivity contribution is 5.75. The van der Waals surface area contributed by atoms with Gasteiger partial charge in [0.2, 0.25) is 0 Å². The standard InChI is InChI=1S/C24H34F2O2/c1-2-3-4-5-17-6-8-18(9-7-17)19-10-12-20(13-11-19)24(27)28-23-15-21(25)14-22(26)16-23/h14-20H,2-13H2,1H3. The Kier molecular flexibility index (Phi) is 7.87. The van der Waals surface area contributed by atoms with Crippen LogP contribution >= 0.6 is 0 Å². The highest BCUT2D eigenvalue weighted by atomic mass is 19.1. The molecular formula is C24H34F2O2. The van der Waals surface area contributed by atoms with Crippen molar-refractivity contribution in [2.75, 3.05) is 0 Å². The zero-order chi connectivity index (χ0) is 19.9. The Morgan fingerprint density at radius 1 is 0.893 bits per heavy atom. The summed E-state index contributed by atoms with van der Waals surface area (Å²) in [6, 6.07) is 2.90. The van der Waals surface area contributed by atoms with Crippen LogP contribution in [0.5, 0.6) is 5.75 Å². The molecule has 28 heavy (non-hydrogen) atoms. The molecule has 2 nitrogen and oxygen atoms in total. The van der Waals surface area contributed by atoms with E-state index in [9.17, 15) is 13.6 Å². The van der Waals surface area contributed by atoms with E-state index in [0.717, 1.165) is 61.6 Å². The molecule has 1 aromatic carbocycles. The Balaban J connectivity index is 1.40. The van der Waals surface area contributed by atoms with E-state index in [1.165, 1.54) is 51.4 Å². The lowest BCUT2D eigenvalue weighted by atomic mass is 9.68. The van der Waals surface area contributed by atoms with Gasteiger partial charge in [0.1, 0.15) is 17.4 Å². The van der Waals surface area contributed by atoms with Crippen LogP contribution in [0.25, 0.3) is 0 Å². The van der Waals surface area contributed by atoms with Crippen molar-refractivity contribution in [1.82, 2.24) is 0 Å². The molecular weight excluding hydrogens is 358 g/mol. The average molecular weight is 393 g/mol. The van der Waals surface area contributed by atoms with Gasteiger partial charge in [-0.1, -0.05) is 45.4 Å². The number of ether oxygens (including phenoxy) is 1. The third-order valence-corrected chi connectivity index (χ3v) is 6.93. The van der Waals surface area contributed by atoms with Crippen LogP contribution in [0.2, 0.25) is 0 Å². The molecule has 0 amide bonds. The van der Waals surface area contributed by atoms with Crippen molar-refractivity contribution in [1.29, 1.82) is 0 Å². The van der Waals surface area contributed by atoms with Crippen molar-refractivity contribution in [3.8, 4) is 5.75 Å². The molecule has 0 spiro atoms. The topological polar surface area (TPSA) is 26.3 Å². The average Bonchev–Trinajstić information content (AvgIpc) is 2.68. The zero-order valence-electron chi connectivity index (χ0n) is 17.1. The van der Waals surface area contributed by atoms with Crippen LogP contribution in [-0.4, -0.2) is 5.97 Å². The van der Waals surface area contributed by atoms with E-state index >= 15 is 0 Å². The van der Waals surface area contributed by atoms with Crippen molar-refractivity contribution in [3.05, 3.63) is 29.8 Å². The molecule has 0 aromatic heterocycles. The maximum Gasteiger partial charge on any atom is 0.314 e. The van der Waals surface area contributed by atoms with Crippen LogP contribution in [0.3, 0.4) is 0 Å². The summed E-state index contributed by atoms with van der Waals surface area (Å²) < 4.78 is 31.8. The van der Waals surface area contributed by atoms with Crippen molar-refractivity contribution >= 4 is 5.97 Å². The van der Waals surface area contributed by atoms with Crippen LogP contribution < -0.4 is 4.74 Å². The predicted molar refractivity (Wildman–Crippen MR) is 107 cm³/mol. The third kappa shape index (κ3) is 6.02. The lowest BCUT2D eigenvalue weighted by Gasteiger charge is -2.37. The number of benzene rings is 1. The second-order valence-corrected chi connectivity index (χ2v) is 8.91. The molecule has 2 fully saturated rings. The van der Waals surface area contributed by atoms with Crippen LogP contribution in [0, 0.1) is 35.3 Å². The van der Waals surface area contributed by atoms with Gasteiger partial charge in [-0.05, 0) is 56.3 Å². The van der Waals surface area contributed by atoms with E-state index in [-0.39, 0.29) is 17.6 Å². The third-order valence-electron chi connectivity index (χ3n) is 6.93.